The molecule has 1 unspecified atom stereocenters. The Labute approximate surface area is 99.1 Å². The molecule has 1 atom stereocenters. The van der Waals surface area contributed by atoms with Crippen molar-refractivity contribution in [1.82, 2.24) is 5.32 Å². The van der Waals surface area contributed by atoms with E-state index >= 15 is 0 Å². The standard InChI is InChI=1S/C12H16BrNO/c1-8-5-10(13)6-11(12(8)15-2)9-3-4-14-7-9/h5-6,9,14H,3-4,7H2,1-2H3. The summed E-state index contributed by atoms with van der Waals surface area (Å²) in [5.74, 6) is 1.64. The molecule has 3 heteroatoms. The molecule has 82 valence electrons. The lowest BCUT2D eigenvalue weighted by molar-refractivity contribution is 0.403. The van der Waals surface area contributed by atoms with E-state index in [0.717, 1.165) is 23.3 Å². The summed E-state index contributed by atoms with van der Waals surface area (Å²) < 4.78 is 6.64. The smallest absolute Gasteiger partial charge is 0.125 e. The minimum Gasteiger partial charge on any atom is -0.496 e. The van der Waals surface area contributed by atoms with Crippen molar-refractivity contribution in [2.45, 2.75) is 19.3 Å². The van der Waals surface area contributed by atoms with Crippen molar-refractivity contribution in [2.75, 3.05) is 20.2 Å². The number of hydrogen-bond donors (Lipinski definition) is 1. The molecule has 15 heavy (non-hydrogen) atoms. The van der Waals surface area contributed by atoms with Crippen LogP contribution in [0.2, 0.25) is 0 Å². The Balaban J connectivity index is 2.42. The average Bonchev–Trinajstić information content (AvgIpc) is 2.69. The summed E-state index contributed by atoms with van der Waals surface area (Å²) >= 11 is 3.55. The molecule has 1 N–H and O–H groups in total. The quantitative estimate of drug-likeness (QED) is 0.892. The second-order valence-electron chi connectivity index (χ2n) is 4.03. The Hall–Kier alpha value is -0.540. The van der Waals surface area contributed by atoms with Gasteiger partial charge in [-0.25, -0.2) is 0 Å². The molecule has 0 aromatic heterocycles. The summed E-state index contributed by atoms with van der Waals surface area (Å²) in [6.45, 7) is 4.26. The minimum atomic E-state index is 0.594. The molecule has 0 aliphatic carbocycles. The van der Waals surface area contributed by atoms with Gasteiger partial charge >= 0.3 is 0 Å². The van der Waals surface area contributed by atoms with Gasteiger partial charge in [-0.1, -0.05) is 15.9 Å². The Kier molecular flexibility index (Phi) is 3.32. The Morgan fingerprint density at radius 1 is 1.47 bits per heavy atom. The van der Waals surface area contributed by atoms with Crippen molar-refractivity contribution in [1.29, 1.82) is 0 Å². The summed E-state index contributed by atoms with van der Waals surface area (Å²) in [6.07, 6.45) is 1.20. The fourth-order valence-electron chi connectivity index (χ4n) is 2.26. The highest BCUT2D eigenvalue weighted by atomic mass is 79.9. The van der Waals surface area contributed by atoms with Gasteiger partial charge < -0.3 is 10.1 Å². The monoisotopic (exact) mass is 269 g/mol. The van der Waals surface area contributed by atoms with Gasteiger partial charge in [0.15, 0.2) is 0 Å². The third kappa shape index (κ3) is 2.18. The molecule has 1 heterocycles. The van der Waals surface area contributed by atoms with Crippen LogP contribution in [-0.2, 0) is 0 Å². The number of benzene rings is 1. The highest BCUT2D eigenvalue weighted by Crippen LogP contribution is 2.35. The van der Waals surface area contributed by atoms with Gasteiger partial charge in [0.2, 0.25) is 0 Å². The molecule has 1 aromatic rings. The Morgan fingerprint density at radius 2 is 2.27 bits per heavy atom. The van der Waals surface area contributed by atoms with E-state index < -0.39 is 0 Å². The first-order chi connectivity index (χ1) is 7.22. The van der Waals surface area contributed by atoms with E-state index in [9.17, 15) is 0 Å². The normalized spacial score (nSPS) is 20.6. The van der Waals surface area contributed by atoms with Gasteiger partial charge in [0, 0.05) is 16.9 Å². The summed E-state index contributed by atoms with van der Waals surface area (Å²) in [5.41, 5.74) is 2.53. The first-order valence-corrected chi connectivity index (χ1v) is 6.06. The lowest BCUT2D eigenvalue weighted by Crippen LogP contribution is -2.09. The minimum absolute atomic E-state index is 0.594. The molecule has 0 bridgehead atoms. The van der Waals surface area contributed by atoms with Crippen LogP contribution in [0.3, 0.4) is 0 Å². The van der Waals surface area contributed by atoms with Crippen LogP contribution < -0.4 is 10.1 Å². The molecule has 0 saturated carbocycles. The number of hydrogen-bond acceptors (Lipinski definition) is 2. The number of methoxy groups -OCH3 is 1. The number of aryl methyl sites for hydroxylation is 1. The lowest BCUT2D eigenvalue weighted by atomic mass is 9.95. The number of nitrogens with one attached hydrogen (secondary N) is 1. The van der Waals surface area contributed by atoms with Crippen LogP contribution in [0.25, 0.3) is 0 Å². The van der Waals surface area contributed by atoms with Crippen molar-refractivity contribution in [3.8, 4) is 5.75 Å². The SMILES string of the molecule is COc1c(C)cc(Br)cc1C1CCNC1. The number of halogens is 1. The van der Waals surface area contributed by atoms with Gasteiger partial charge in [-0.05, 0) is 43.1 Å². The highest BCUT2D eigenvalue weighted by Gasteiger charge is 2.21. The Morgan fingerprint density at radius 3 is 2.87 bits per heavy atom. The van der Waals surface area contributed by atoms with Crippen LogP contribution in [0.1, 0.15) is 23.5 Å². The predicted octanol–water partition coefficient (Wildman–Crippen LogP) is 2.84. The molecule has 2 rings (SSSR count). The maximum absolute atomic E-state index is 5.49. The van der Waals surface area contributed by atoms with Gasteiger partial charge in [-0.15, -0.1) is 0 Å². The molecular weight excluding hydrogens is 254 g/mol. The second-order valence-corrected chi connectivity index (χ2v) is 4.95. The van der Waals surface area contributed by atoms with E-state index in [1.54, 1.807) is 7.11 Å². The molecule has 1 aliphatic rings. The summed E-state index contributed by atoms with van der Waals surface area (Å²) in [7, 11) is 1.75. The topological polar surface area (TPSA) is 21.3 Å². The zero-order valence-electron chi connectivity index (χ0n) is 9.14. The van der Waals surface area contributed by atoms with Gasteiger partial charge in [-0.2, -0.15) is 0 Å². The second kappa shape index (κ2) is 4.54. The number of ether oxygens (including phenoxy) is 1. The van der Waals surface area contributed by atoms with E-state index in [1.165, 1.54) is 17.5 Å². The summed E-state index contributed by atoms with van der Waals surface area (Å²) in [6, 6.07) is 4.29. The van der Waals surface area contributed by atoms with Crippen LogP contribution in [0.15, 0.2) is 16.6 Å². The highest BCUT2D eigenvalue weighted by molar-refractivity contribution is 9.10. The van der Waals surface area contributed by atoms with Gasteiger partial charge in [0.1, 0.15) is 5.75 Å². The van der Waals surface area contributed by atoms with Gasteiger partial charge in [0.25, 0.3) is 0 Å². The van der Waals surface area contributed by atoms with Crippen LogP contribution in [0, 0.1) is 6.92 Å². The fourth-order valence-corrected chi connectivity index (χ4v) is 2.85. The molecule has 0 radical (unpaired) electrons. The van der Waals surface area contributed by atoms with Crippen LogP contribution in [0.4, 0.5) is 0 Å². The zero-order valence-corrected chi connectivity index (χ0v) is 10.7. The molecule has 2 nitrogen and oxygen atoms in total. The van der Waals surface area contributed by atoms with Gasteiger partial charge in [0.05, 0.1) is 7.11 Å². The molecule has 0 spiro atoms. The third-order valence-corrected chi connectivity index (χ3v) is 3.43. The first kappa shape index (κ1) is 11.0. The van der Waals surface area contributed by atoms with Crippen molar-refractivity contribution < 1.29 is 4.74 Å². The number of rotatable bonds is 2. The molecule has 0 amide bonds. The lowest BCUT2D eigenvalue weighted by Gasteiger charge is -2.16. The van der Waals surface area contributed by atoms with Crippen LogP contribution in [-0.4, -0.2) is 20.2 Å². The van der Waals surface area contributed by atoms with Crippen LogP contribution >= 0.6 is 15.9 Å². The van der Waals surface area contributed by atoms with Crippen LogP contribution in [0.5, 0.6) is 5.75 Å². The van der Waals surface area contributed by atoms with E-state index in [2.05, 4.69) is 40.3 Å². The van der Waals surface area contributed by atoms with E-state index in [4.69, 9.17) is 4.74 Å². The Bertz CT molecular complexity index is 359. The first-order valence-electron chi connectivity index (χ1n) is 5.27. The van der Waals surface area contributed by atoms with E-state index in [0.29, 0.717) is 5.92 Å². The molecule has 1 aliphatic heterocycles. The van der Waals surface area contributed by atoms with Gasteiger partial charge in [-0.3, -0.25) is 0 Å². The third-order valence-electron chi connectivity index (χ3n) is 2.97. The maximum Gasteiger partial charge on any atom is 0.125 e. The maximum atomic E-state index is 5.49. The largest absolute Gasteiger partial charge is 0.496 e. The van der Waals surface area contributed by atoms with Crippen molar-refractivity contribution in [3.63, 3.8) is 0 Å². The van der Waals surface area contributed by atoms with E-state index in [-0.39, 0.29) is 0 Å². The van der Waals surface area contributed by atoms with Crippen molar-refractivity contribution in [3.05, 3.63) is 27.7 Å². The molecule has 1 aromatic carbocycles. The van der Waals surface area contributed by atoms with E-state index in [1.807, 2.05) is 0 Å². The molecular formula is C12H16BrNO. The summed E-state index contributed by atoms with van der Waals surface area (Å²) in [4.78, 5) is 0. The van der Waals surface area contributed by atoms with Crippen molar-refractivity contribution >= 4 is 15.9 Å². The summed E-state index contributed by atoms with van der Waals surface area (Å²) in [5, 5.41) is 3.39. The average molecular weight is 270 g/mol. The zero-order chi connectivity index (χ0) is 10.8. The van der Waals surface area contributed by atoms with Crippen molar-refractivity contribution in [2.24, 2.45) is 0 Å². The molecule has 1 fully saturated rings. The predicted molar refractivity (Wildman–Crippen MR) is 65.7 cm³/mol. The fraction of sp³-hybridized carbons (Fsp3) is 0.500. The molecule has 1 saturated heterocycles.